The van der Waals surface area contributed by atoms with Gasteiger partial charge in [0.2, 0.25) is 0 Å². The Kier molecular flexibility index (Phi) is 5.24. The Balaban J connectivity index is 2.42. The number of hydrogen-bond donors (Lipinski definition) is 0. The number of thioether (sulfide) groups is 1. The van der Waals surface area contributed by atoms with Crippen LogP contribution in [-0.2, 0) is 0 Å². The van der Waals surface area contributed by atoms with Crippen molar-refractivity contribution in [1.82, 2.24) is 0 Å². The topological polar surface area (TPSA) is 0 Å². The second-order valence-corrected chi connectivity index (χ2v) is 6.85. The molecule has 0 aromatic heterocycles. The quantitative estimate of drug-likeness (QED) is 0.616. The van der Waals surface area contributed by atoms with E-state index in [1.54, 1.807) is 17.8 Å². The molecule has 1 aliphatic carbocycles. The molecule has 2 rings (SSSR count). The summed E-state index contributed by atoms with van der Waals surface area (Å²) in [4.78, 5) is 1.04. The molecule has 1 aromatic carbocycles. The fourth-order valence-corrected chi connectivity index (χ4v) is 3.34. The molecule has 1 aliphatic rings. The highest BCUT2D eigenvalue weighted by Gasteiger charge is 2.15. The molecule has 0 amide bonds. The minimum absolute atomic E-state index is 0.119. The summed E-state index contributed by atoms with van der Waals surface area (Å²) in [5.74, 6) is 0.173. The third-order valence-corrected chi connectivity index (χ3v) is 4.28. The molecule has 106 valence electrons. The molecule has 0 aliphatic heterocycles. The Morgan fingerprint density at radius 1 is 1.30 bits per heavy atom. The molecular weight excluding hydrogens is 267 g/mol. The Labute approximate surface area is 125 Å². The molecule has 2 heteroatoms. The van der Waals surface area contributed by atoms with Crippen molar-refractivity contribution in [2.75, 3.05) is 0 Å². The van der Waals surface area contributed by atoms with E-state index < -0.39 is 0 Å². The van der Waals surface area contributed by atoms with Crippen molar-refractivity contribution in [3.05, 3.63) is 59.5 Å². The molecule has 0 saturated heterocycles. The van der Waals surface area contributed by atoms with Gasteiger partial charge in [-0.2, -0.15) is 0 Å². The second kappa shape index (κ2) is 6.94. The van der Waals surface area contributed by atoms with Crippen molar-refractivity contribution >= 4 is 17.8 Å². The van der Waals surface area contributed by atoms with Crippen molar-refractivity contribution in [1.29, 1.82) is 0 Å². The van der Waals surface area contributed by atoms with Crippen LogP contribution in [0.4, 0.5) is 4.39 Å². The monoisotopic (exact) mass is 288 g/mol. The average molecular weight is 288 g/mol. The van der Waals surface area contributed by atoms with E-state index in [9.17, 15) is 4.39 Å². The van der Waals surface area contributed by atoms with Gasteiger partial charge in [-0.15, -0.1) is 11.8 Å². The lowest BCUT2D eigenvalue weighted by atomic mass is 9.92. The van der Waals surface area contributed by atoms with Gasteiger partial charge in [-0.1, -0.05) is 50.3 Å². The molecule has 0 nitrogen and oxygen atoms in total. The molecule has 0 heterocycles. The summed E-state index contributed by atoms with van der Waals surface area (Å²) in [7, 11) is 0. The molecule has 1 unspecified atom stereocenters. The summed E-state index contributed by atoms with van der Waals surface area (Å²) < 4.78 is 14.4. The van der Waals surface area contributed by atoms with Gasteiger partial charge in [-0.05, 0) is 31.0 Å². The third kappa shape index (κ3) is 3.63. The van der Waals surface area contributed by atoms with Crippen LogP contribution in [0.15, 0.2) is 47.4 Å². The largest absolute Gasteiger partial charge is 0.206 e. The maximum Gasteiger partial charge on any atom is 0.131 e. The third-order valence-electron chi connectivity index (χ3n) is 3.22. The Hall–Kier alpha value is -1.28. The summed E-state index contributed by atoms with van der Waals surface area (Å²) in [6.45, 7) is 6.20. The first kappa shape index (κ1) is 15.1. The molecule has 20 heavy (non-hydrogen) atoms. The van der Waals surface area contributed by atoms with E-state index in [4.69, 9.17) is 0 Å². The van der Waals surface area contributed by atoms with E-state index in [2.05, 4.69) is 32.1 Å². The second-order valence-electron chi connectivity index (χ2n) is 5.24. The predicted molar refractivity (Wildman–Crippen MR) is 87.7 cm³/mol. The van der Waals surface area contributed by atoms with E-state index in [1.807, 2.05) is 31.2 Å². The highest BCUT2D eigenvalue weighted by atomic mass is 32.2. The summed E-state index contributed by atoms with van der Waals surface area (Å²) in [5.41, 5.74) is 1.78. The van der Waals surface area contributed by atoms with Gasteiger partial charge in [-0.3, -0.25) is 0 Å². The molecular formula is C18H21FS. The minimum atomic E-state index is -0.119. The van der Waals surface area contributed by atoms with Crippen molar-refractivity contribution in [2.24, 2.45) is 0 Å². The molecule has 0 spiro atoms. The van der Waals surface area contributed by atoms with Gasteiger partial charge in [0, 0.05) is 21.6 Å². The number of halogens is 1. The predicted octanol–water partition coefficient (Wildman–Crippen LogP) is 5.96. The Morgan fingerprint density at radius 3 is 2.70 bits per heavy atom. The van der Waals surface area contributed by atoms with Crippen molar-refractivity contribution in [3.8, 4) is 0 Å². The molecule has 0 bridgehead atoms. The van der Waals surface area contributed by atoms with E-state index in [1.165, 1.54) is 0 Å². The van der Waals surface area contributed by atoms with Gasteiger partial charge < -0.3 is 0 Å². The smallest absolute Gasteiger partial charge is 0.131 e. The molecule has 1 atom stereocenters. The zero-order valence-corrected chi connectivity index (χ0v) is 13.1. The van der Waals surface area contributed by atoms with Gasteiger partial charge in [0.25, 0.3) is 0 Å². The SMILES string of the molecule is C/C=C/c1c(F)cc(C2C=CC=CC2)cc1SC(C)C. The lowest BCUT2D eigenvalue weighted by Gasteiger charge is -2.17. The molecule has 1 aromatic rings. The van der Waals surface area contributed by atoms with E-state index in [0.717, 1.165) is 16.9 Å². The van der Waals surface area contributed by atoms with Crippen LogP contribution in [0.5, 0.6) is 0 Å². The van der Waals surface area contributed by atoms with Gasteiger partial charge in [-0.25, -0.2) is 4.39 Å². The first-order chi connectivity index (χ1) is 9.61. The fourth-order valence-electron chi connectivity index (χ4n) is 2.33. The van der Waals surface area contributed by atoms with Gasteiger partial charge in [0.1, 0.15) is 5.82 Å². The number of benzene rings is 1. The lowest BCUT2D eigenvalue weighted by molar-refractivity contribution is 0.616. The van der Waals surface area contributed by atoms with E-state index >= 15 is 0 Å². The van der Waals surface area contributed by atoms with Crippen LogP contribution in [-0.4, -0.2) is 5.25 Å². The summed E-state index contributed by atoms with van der Waals surface area (Å²) in [6, 6.07) is 3.84. The van der Waals surface area contributed by atoms with Crippen LogP contribution in [0.25, 0.3) is 6.08 Å². The van der Waals surface area contributed by atoms with Crippen LogP contribution in [0.2, 0.25) is 0 Å². The number of rotatable bonds is 4. The maximum absolute atomic E-state index is 14.4. The molecule has 0 saturated carbocycles. The highest BCUT2D eigenvalue weighted by molar-refractivity contribution is 8.00. The van der Waals surface area contributed by atoms with Gasteiger partial charge in [0.05, 0.1) is 0 Å². The number of hydrogen-bond acceptors (Lipinski definition) is 1. The van der Waals surface area contributed by atoms with Crippen molar-refractivity contribution in [2.45, 2.75) is 43.3 Å². The Morgan fingerprint density at radius 2 is 2.10 bits per heavy atom. The summed E-state index contributed by atoms with van der Waals surface area (Å²) >= 11 is 1.72. The number of allylic oxidation sites excluding steroid dienone is 5. The van der Waals surface area contributed by atoms with E-state index in [0.29, 0.717) is 16.7 Å². The van der Waals surface area contributed by atoms with Crippen LogP contribution in [0, 0.1) is 5.82 Å². The Bertz CT molecular complexity index is 553. The zero-order chi connectivity index (χ0) is 14.5. The average Bonchev–Trinajstić information content (AvgIpc) is 2.43. The first-order valence-corrected chi connectivity index (χ1v) is 7.96. The van der Waals surface area contributed by atoms with Crippen LogP contribution < -0.4 is 0 Å². The fraction of sp³-hybridized carbons (Fsp3) is 0.333. The molecule has 0 fully saturated rings. The van der Waals surface area contributed by atoms with Crippen LogP contribution in [0.1, 0.15) is 44.2 Å². The standard InChI is InChI=1S/C18H21FS/c1-4-8-16-17(19)11-15(12-18(16)20-13(2)3)14-9-6-5-7-10-14/h4-9,11-14H,10H2,1-3H3/b8-4+. The van der Waals surface area contributed by atoms with Crippen LogP contribution >= 0.6 is 11.8 Å². The lowest BCUT2D eigenvalue weighted by Crippen LogP contribution is -2.00. The van der Waals surface area contributed by atoms with E-state index in [-0.39, 0.29) is 5.82 Å². The highest BCUT2D eigenvalue weighted by Crippen LogP contribution is 2.34. The normalized spacial score (nSPS) is 18.4. The minimum Gasteiger partial charge on any atom is -0.206 e. The van der Waals surface area contributed by atoms with Gasteiger partial charge in [0.15, 0.2) is 0 Å². The first-order valence-electron chi connectivity index (χ1n) is 7.08. The summed E-state index contributed by atoms with van der Waals surface area (Å²) in [5, 5.41) is 0.440. The molecule has 0 N–H and O–H groups in total. The summed E-state index contributed by atoms with van der Waals surface area (Å²) in [6.07, 6.45) is 13.1. The van der Waals surface area contributed by atoms with Crippen molar-refractivity contribution in [3.63, 3.8) is 0 Å². The van der Waals surface area contributed by atoms with Crippen LogP contribution in [0.3, 0.4) is 0 Å². The zero-order valence-electron chi connectivity index (χ0n) is 12.3. The van der Waals surface area contributed by atoms with Gasteiger partial charge >= 0.3 is 0 Å². The maximum atomic E-state index is 14.4. The van der Waals surface area contributed by atoms with Crippen molar-refractivity contribution < 1.29 is 4.39 Å². The molecule has 0 radical (unpaired) electrons.